The van der Waals surface area contributed by atoms with Crippen LogP contribution in [0.4, 0.5) is 0 Å². The molecule has 5 heteroatoms. The van der Waals surface area contributed by atoms with Crippen molar-refractivity contribution in [1.82, 2.24) is 9.97 Å². The van der Waals surface area contributed by atoms with Crippen molar-refractivity contribution >= 4 is 20.7 Å². The second-order valence-electron chi connectivity index (χ2n) is 5.41. The second kappa shape index (κ2) is 5.62. The van der Waals surface area contributed by atoms with Crippen LogP contribution in [-0.2, 0) is 9.84 Å². The van der Waals surface area contributed by atoms with Crippen LogP contribution in [0.2, 0.25) is 0 Å². The van der Waals surface area contributed by atoms with Gasteiger partial charge in [-0.05, 0) is 30.3 Å². The van der Waals surface area contributed by atoms with Crippen LogP contribution in [0, 0.1) is 0 Å². The minimum atomic E-state index is -3.67. The van der Waals surface area contributed by atoms with Gasteiger partial charge in [0.05, 0.1) is 16.3 Å². The van der Waals surface area contributed by atoms with E-state index in [0.717, 1.165) is 5.52 Å². The fourth-order valence-corrected chi connectivity index (χ4v) is 4.45. The maximum Gasteiger partial charge on any atom is 0.209 e. The standard InChI is InChI=1S/C19H14N2O2S/c22-24(23,14-8-2-1-3-9-14)19-15-10-4-5-11-16(15)21-18(19)17-12-6-7-13-20-17/h1-13,21H. The highest BCUT2D eigenvalue weighted by Gasteiger charge is 2.27. The van der Waals surface area contributed by atoms with Gasteiger partial charge in [0, 0.05) is 17.1 Å². The van der Waals surface area contributed by atoms with E-state index in [9.17, 15) is 8.42 Å². The Bertz CT molecular complexity index is 1100. The van der Waals surface area contributed by atoms with E-state index >= 15 is 0 Å². The van der Waals surface area contributed by atoms with Gasteiger partial charge in [-0.3, -0.25) is 4.98 Å². The molecule has 4 aromatic rings. The number of pyridine rings is 1. The first kappa shape index (κ1) is 14.7. The fraction of sp³-hybridized carbons (Fsp3) is 0. The van der Waals surface area contributed by atoms with Crippen LogP contribution in [0.3, 0.4) is 0 Å². The summed E-state index contributed by atoms with van der Waals surface area (Å²) in [6.07, 6.45) is 1.65. The number of aromatic nitrogens is 2. The SMILES string of the molecule is O=S(=O)(c1ccccc1)c1c(-c2ccccn2)[nH]c2ccccc12. The molecule has 0 saturated carbocycles. The summed E-state index contributed by atoms with van der Waals surface area (Å²) in [5.74, 6) is 0. The molecule has 0 aliphatic rings. The van der Waals surface area contributed by atoms with E-state index in [2.05, 4.69) is 9.97 Å². The van der Waals surface area contributed by atoms with E-state index in [1.54, 1.807) is 48.7 Å². The lowest BCUT2D eigenvalue weighted by atomic mass is 10.2. The molecular weight excluding hydrogens is 320 g/mol. The molecule has 4 nitrogen and oxygen atoms in total. The van der Waals surface area contributed by atoms with Crippen LogP contribution in [-0.4, -0.2) is 18.4 Å². The molecule has 0 amide bonds. The Balaban J connectivity index is 2.08. The second-order valence-corrected chi connectivity index (χ2v) is 7.29. The summed E-state index contributed by atoms with van der Waals surface area (Å²) >= 11 is 0. The average molecular weight is 334 g/mol. The van der Waals surface area contributed by atoms with Gasteiger partial charge in [-0.1, -0.05) is 42.5 Å². The van der Waals surface area contributed by atoms with Crippen LogP contribution in [0.15, 0.2) is 88.8 Å². The molecule has 0 spiro atoms. The third kappa shape index (κ3) is 2.30. The molecular formula is C19H14N2O2S. The van der Waals surface area contributed by atoms with Crippen molar-refractivity contribution in [2.45, 2.75) is 9.79 Å². The Labute approximate surface area is 139 Å². The lowest BCUT2D eigenvalue weighted by molar-refractivity contribution is 0.597. The molecule has 0 radical (unpaired) electrons. The van der Waals surface area contributed by atoms with E-state index in [4.69, 9.17) is 0 Å². The summed E-state index contributed by atoms with van der Waals surface area (Å²) in [5.41, 5.74) is 1.89. The summed E-state index contributed by atoms with van der Waals surface area (Å²) in [6.45, 7) is 0. The van der Waals surface area contributed by atoms with Crippen LogP contribution in [0.1, 0.15) is 0 Å². The molecule has 2 heterocycles. The summed E-state index contributed by atoms with van der Waals surface area (Å²) in [4.78, 5) is 8.07. The van der Waals surface area contributed by atoms with Crippen molar-refractivity contribution < 1.29 is 8.42 Å². The number of nitrogens with zero attached hydrogens (tertiary/aromatic N) is 1. The number of H-pyrrole nitrogens is 1. The van der Waals surface area contributed by atoms with Crippen molar-refractivity contribution in [3.05, 3.63) is 79.0 Å². The average Bonchev–Trinajstić information content (AvgIpc) is 3.03. The van der Waals surface area contributed by atoms with E-state index in [1.165, 1.54) is 0 Å². The van der Waals surface area contributed by atoms with E-state index in [0.29, 0.717) is 16.8 Å². The van der Waals surface area contributed by atoms with Gasteiger partial charge in [0.2, 0.25) is 9.84 Å². The number of aromatic amines is 1. The number of sulfone groups is 1. The lowest BCUT2D eigenvalue weighted by Crippen LogP contribution is -2.03. The number of benzene rings is 2. The molecule has 2 aromatic heterocycles. The molecule has 1 N–H and O–H groups in total. The molecule has 0 aliphatic carbocycles. The molecule has 0 saturated heterocycles. The Kier molecular flexibility index (Phi) is 3.43. The minimum absolute atomic E-state index is 0.267. The number of fused-ring (bicyclic) bond motifs is 1. The largest absolute Gasteiger partial charge is 0.352 e. The van der Waals surface area contributed by atoms with Gasteiger partial charge in [-0.2, -0.15) is 0 Å². The van der Waals surface area contributed by atoms with Gasteiger partial charge >= 0.3 is 0 Å². The number of para-hydroxylation sites is 1. The van der Waals surface area contributed by atoms with Gasteiger partial charge in [0.1, 0.15) is 4.90 Å². The summed E-state index contributed by atoms with van der Waals surface area (Å²) in [6, 6.07) is 21.3. The number of rotatable bonds is 3. The molecule has 0 aliphatic heterocycles. The fourth-order valence-electron chi connectivity index (χ4n) is 2.80. The number of nitrogens with one attached hydrogen (secondary N) is 1. The lowest BCUT2D eigenvalue weighted by Gasteiger charge is -2.07. The van der Waals surface area contributed by atoms with Crippen molar-refractivity contribution in [1.29, 1.82) is 0 Å². The smallest absolute Gasteiger partial charge is 0.209 e. The highest BCUT2D eigenvalue weighted by Crippen LogP contribution is 2.36. The highest BCUT2D eigenvalue weighted by molar-refractivity contribution is 7.91. The summed E-state index contributed by atoms with van der Waals surface area (Å²) < 4.78 is 26.5. The highest BCUT2D eigenvalue weighted by atomic mass is 32.2. The first-order valence-corrected chi connectivity index (χ1v) is 8.98. The van der Waals surface area contributed by atoms with Gasteiger partial charge in [-0.25, -0.2) is 8.42 Å². The topological polar surface area (TPSA) is 62.8 Å². The van der Waals surface area contributed by atoms with Crippen LogP contribution >= 0.6 is 0 Å². The monoisotopic (exact) mass is 334 g/mol. The van der Waals surface area contributed by atoms with Gasteiger partial charge in [0.25, 0.3) is 0 Å². The number of hydrogen-bond donors (Lipinski definition) is 1. The van der Waals surface area contributed by atoms with Gasteiger partial charge in [0.15, 0.2) is 0 Å². The van der Waals surface area contributed by atoms with Crippen molar-refractivity contribution in [2.75, 3.05) is 0 Å². The van der Waals surface area contributed by atoms with Crippen molar-refractivity contribution in [3.8, 4) is 11.4 Å². The molecule has 24 heavy (non-hydrogen) atoms. The van der Waals surface area contributed by atoms with Crippen LogP contribution in [0.5, 0.6) is 0 Å². The Morgan fingerprint density at radius 1 is 0.792 bits per heavy atom. The number of hydrogen-bond acceptors (Lipinski definition) is 3. The molecule has 4 rings (SSSR count). The van der Waals surface area contributed by atoms with E-state index < -0.39 is 9.84 Å². The maximum atomic E-state index is 13.3. The Hall–Kier alpha value is -2.92. The zero-order valence-corrected chi connectivity index (χ0v) is 13.5. The predicted molar refractivity (Wildman–Crippen MR) is 93.4 cm³/mol. The molecule has 0 atom stereocenters. The Morgan fingerprint density at radius 2 is 1.50 bits per heavy atom. The van der Waals surface area contributed by atoms with Crippen LogP contribution < -0.4 is 0 Å². The van der Waals surface area contributed by atoms with Gasteiger partial charge < -0.3 is 4.98 Å². The van der Waals surface area contributed by atoms with Crippen molar-refractivity contribution in [3.63, 3.8) is 0 Å². The maximum absolute atomic E-state index is 13.3. The van der Waals surface area contributed by atoms with E-state index in [1.807, 2.05) is 30.3 Å². The van der Waals surface area contributed by atoms with E-state index in [-0.39, 0.29) is 9.79 Å². The molecule has 0 unspecified atom stereocenters. The van der Waals surface area contributed by atoms with Gasteiger partial charge in [-0.15, -0.1) is 0 Å². The zero-order chi connectivity index (χ0) is 16.6. The third-order valence-electron chi connectivity index (χ3n) is 3.90. The quantitative estimate of drug-likeness (QED) is 0.614. The normalized spacial score (nSPS) is 11.7. The predicted octanol–water partition coefficient (Wildman–Crippen LogP) is 4.06. The minimum Gasteiger partial charge on any atom is -0.352 e. The Morgan fingerprint density at radius 3 is 2.25 bits per heavy atom. The summed E-state index contributed by atoms with van der Waals surface area (Å²) in [7, 11) is -3.67. The molecule has 0 bridgehead atoms. The first-order valence-electron chi connectivity index (χ1n) is 7.50. The first-order chi connectivity index (χ1) is 11.7. The zero-order valence-electron chi connectivity index (χ0n) is 12.7. The van der Waals surface area contributed by atoms with Crippen molar-refractivity contribution in [2.24, 2.45) is 0 Å². The molecule has 2 aromatic carbocycles. The van der Waals surface area contributed by atoms with Crippen LogP contribution in [0.25, 0.3) is 22.3 Å². The molecule has 118 valence electrons. The molecule has 0 fully saturated rings. The summed E-state index contributed by atoms with van der Waals surface area (Å²) in [5, 5.41) is 0.669. The third-order valence-corrected chi connectivity index (χ3v) is 5.76.